The van der Waals surface area contributed by atoms with Crippen LogP contribution in [0.25, 0.3) is 22.9 Å². The number of nitrogens with zero attached hydrogens (tertiary/aromatic N) is 4. The minimum absolute atomic E-state index is 0.00873. The SMILES string of the molecule is O=C(C=Cc1c(-c2cccnc2)nn2ccccc12)N1CCCC[C@@H]1CCO. The van der Waals surface area contributed by atoms with E-state index in [1.807, 2.05) is 52.0 Å². The molecule has 1 amide bonds. The van der Waals surface area contributed by atoms with Crippen LogP contribution in [0.5, 0.6) is 0 Å². The van der Waals surface area contributed by atoms with Gasteiger partial charge in [-0.05, 0) is 56.0 Å². The fourth-order valence-corrected chi connectivity index (χ4v) is 3.89. The van der Waals surface area contributed by atoms with Crippen molar-refractivity contribution in [2.75, 3.05) is 13.2 Å². The third kappa shape index (κ3) is 3.68. The number of carbonyl (C=O) groups is 1. The molecule has 0 unspecified atom stereocenters. The number of likely N-dealkylation sites (tertiary alicyclic amines) is 1. The number of aliphatic hydroxyl groups is 1. The van der Waals surface area contributed by atoms with E-state index in [2.05, 4.69) is 10.1 Å². The summed E-state index contributed by atoms with van der Waals surface area (Å²) < 4.78 is 1.82. The second-order valence-electron chi connectivity index (χ2n) is 7.06. The van der Waals surface area contributed by atoms with Gasteiger partial charge in [0.25, 0.3) is 0 Å². The molecule has 1 atom stereocenters. The van der Waals surface area contributed by atoms with E-state index in [9.17, 15) is 9.90 Å². The van der Waals surface area contributed by atoms with Gasteiger partial charge in [-0.15, -0.1) is 0 Å². The van der Waals surface area contributed by atoms with Gasteiger partial charge in [0.2, 0.25) is 5.91 Å². The second-order valence-corrected chi connectivity index (χ2v) is 7.06. The number of piperidine rings is 1. The maximum absolute atomic E-state index is 12.9. The Bertz CT molecular complexity index is 979. The highest BCUT2D eigenvalue weighted by Gasteiger charge is 2.25. The minimum Gasteiger partial charge on any atom is -0.396 e. The predicted octanol–water partition coefficient (Wildman–Crippen LogP) is 3.17. The van der Waals surface area contributed by atoms with Crippen LogP contribution in [-0.4, -0.2) is 49.7 Å². The first-order valence-electron chi connectivity index (χ1n) is 9.75. The van der Waals surface area contributed by atoms with Gasteiger partial charge in [-0.2, -0.15) is 5.10 Å². The number of carbonyl (C=O) groups excluding carboxylic acids is 1. The van der Waals surface area contributed by atoms with Crippen LogP contribution >= 0.6 is 0 Å². The van der Waals surface area contributed by atoms with Crippen molar-refractivity contribution in [2.24, 2.45) is 0 Å². The number of aromatic nitrogens is 3. The molecular weight excluding hydrogens is 352 g/mol. The van der Waals surface area contributed by atoms with E-state index < -0.39 is 0 Å². The van der Waals surface area contributed by atoms with Crippen LogP contribution in [0.1, 0.15) is 31.2 Å². The Morgan fingerprint density at radius 2 is 2.18 bits per heavy atom. The lowest BCUT2D eigenvalue weighted by Gasteiger charge is -2.34. The van der Waals surface area contributed by atoms with Crippen molar-refractivity contribution in [2.45, 2.75) is 31.7 Å². The summed E-state index contributed by atoms with van der Waals surface area (Å²) in [6, 6.07) is 9.86. The standard InChI is InChI=1S/C22H24N4O2/c27-15-11-18-7-1-3-13-25(18)21(28)10-9-19-20-8-2-4-14-26(20)24-22(19)17-6-5-12-23-16-17/h2,4-6,8-10,12,14,16,18,27H,1,3,7,11,13,15H2/t18-/m1/s1. The molecule has 0 bridgehead atoms. The molecule has 144 valence electrons. The highest BCUT2D eigenvalue weighted by molar-refractivity contribution is 5.95. The zero-order valence-electron chi connectivity index (χ0n) is 15.7. The molecule has 0 aliphatic carbocycles. The van der Waals surface area contributed by atoms with Gasteiger partial charge in [-0.25, -0.2) is 4.52 Å². The molecule has 1 aliphatic heterocycles. The fraction of sp³-hybridized carbons (Fsp3) is 0.318. The molecule has 0 aromatic carbocycles. The summed E-state index contributed by atoms with van der Waals surface area (Å²) in [4.78, 5) is 19.0. The molecular formula is C22H24N4O2. The van der Waals surface area contributed by atoms with E-state index in [0.717, 1.165) is 48.1 Å². The first kappa shape index (κ1) is 18.4. The lowest BCUT2D eigenvalue weighted by atomic mass is 9.99. The molecule has 0 spiro atoms. The molecule has 3 aromatic heterocycles. The van der Waals surface area contributed by atoms with Crippen molar-refractivity contribution in [1.82, 2.24) is 19.5 Å². The lowest BCUT2D eigenvalue weighted by molar-refractivity contribution is -0.129. The lowest BCUT2D eigenvalue weighted by Crippen LogP contribution is -2.43. The van der Waals surface area contributed by atoms with Crippen molar-refractivity contribution in [3.63, 3.8) is 0 Å². The third-order valence-corrected chi connectivity index (χ3v) is 5.28. The first-order valence-corrected chi connectivity index (χ1v) is 9.75. The van der Waals surface area contributed by atoms with E-state index in [1.54, 1.807) is 18.5 Å². The summed E-state index contributed by atoms with van der Waals surface area (Å²) in [5, 5.41) is 14.0. The Morgan fingerprint density at radius 3 is 3.00 bits per heavy atom. The van der Waals surface area contributed by atoms with Crippen molar-refractivity contribution in [3.05, 3.63) is 60.6 Å². The Morgan fingerprint density at radius 1 is 1.25 bits per heavy atom. The maximum atomic E-state index is 12.9. The van der Waals surface area contributed by atoms with Crippen molar-refractivity contribution >= 4 is 17.5 Å². The molecule has 1 N–H and O–H groups in total. The number of pyridine rings is 2. The highest BCUT2D eigenvalue weighted by Crippen LogP contribution is 2.27. The smallest absolute Gasteiger partial charge is 0.246 e. The largest absolute Gasteiger partial charge is 0.396 e. The van der Waals surface area contributed by atoms with Gasteiger partial charge in [0, 0.05) is 55.0 Å². The number of hydrogen-bond donors (Lipinski definition) is 1. The molecule has 6 heteroatoms. The normalized spacial score (nSPS) is 17.5. The topological polar surface area (TPSA) is 70.7 Å². The van der Waals surface area contributed by atoms with Crippen LogP contribution < -0.4 is 0 Å². The number of hydrogen-bond acceptors (Lipinski definition) is 4. The molecule has 6 nitrogen and oxygen atoms in total. The number of fused-ring (bicyclic) bond motifs is 1. The Kier molecular flexibility index (Phi) is 5.48. The predicted molar refractivity (Wildman–Crippen MR) is 109 cm³/mol. The Labute approximate surface area is 164 Å². The van der Waals surface area contributed by atoms with E-state index in [4.69, 9.17) is 0 Å². The van der Waals surface area contributed by atoms with Gasteiger partial charge in [-0.1, -0.05) is 6.07 Å². The quantitative estimate of drug-likeness (QED) is 0.695. The monoisotopic (exact) mass is 376 g/mol. The van der Waals surface area contributed by atoms with Crippen LogP contribution in [0, 0.1) is 0 Å². The molecule has 4 rings (SSSR count). The Balaban J connectivity index is 1.68. The van der Waals surface area contributed by atoms with Crippen LogP contribution in [0.15, 0.2) is 55.0 Å². The maximum Gasteiger partial charge on any atom is 0.246 e. The molecule has 1 saturated heterocycles. The molecule has 3 aromatic rings. The van der Waals surface area contributed by atoms with E-state index in [0.29, 0.717) is 6.42 Å². The molecule has 0 radical (unpaired) electrons. The van der Waals surface area contributed by atoms with Gasteiger partial charge in [0.15, 0.2) is 0 Å². The summed E-state index contributed by atoms with van der Waals surface area (Å²) >= 11 is 0. The molecule has 1 aliphatic rings. The average molecular weight is 376 g/mol. The van der Waals surface area contributed by atoms with Crippen LogP contribution in [0.3, 0.4) is 0 Å². The van der Waals surface area contributed by atoms with E-state index in [-0.39, 0.29) is 18.6 Å². The summed E-state index contributed by atoms with van der Waals surface area (Å²) in [7, 11) is 0. The average Bonchev–Trinajstić information content (AvgIpc) is 3.12. The molecule has 28 heavy (non-hydrogen) atoms. The van der Waals surface area contributed by atoms with Gasteiger partial charge in [-0.3, -0.25) is 9.78 Å². The van der Waals surface area contributed by atoms with Gasteiger partial charge in [0.05, 0.1) is 5.52 Å². The third-order valence-electron chi connectivity index (χ3n) is 5.28. The van der Waals surface area contributed by atoms with Gasteiger partial charge < -0.3 is 10.0 Å². The number of rotatable bonds is 5. The molecule has 0 saturated carbocycles. The van der Waals surface area contributed by atoms with Crippen molar-refractivity contribution in [1.29, 1.82) is 0 Å². The summed E-state index contributed by atoms with van der Waals surface area (Å²) in [5.41, 5.74) is 3.55. The van der Waals surface area contributed by atoms with Gasteiger partial charge in [0.1, 0.15) is 5.69 Å². The van der Waals surface area contributed by atoms with Crippen LogP contribution in [0.2, 0.25) is 0 Å². The summed E-state index contributed by atoms with van der Waals surface area (Å²) in [6.45, 7) is 0.857. The second kappa shape index (κ2) is 8.35. The summed E-state index contributed by atoms with van der Waals surface area (Å²) in [6.07, 6.45) is 12.6. The van der Waals surface area contributed by atoms with E-state index in [1.165, 1.54) is 0 Å². The minimum atomic E-state index is -0.00873. The van der Waals surface area contributed by atoms with Crippen LogP contribution in [0.4, 0.5) is 0 Å². The van der Waals surface area contributed by atoms with Crippen molar-refractivity contribution < 1.29 is 9.90 Å². The number of aliphatic hydroxyl groups excluding tert-OH is 1. The van der Waals surface area contributed by atoms with Gasteiger partial charge >= 0.3 is 0 Å². The van der Waals surface area contributed by atoms with Crippen molar-refractivity contribution in [3.8, 4) is 11.3 Å². The molecule has 4 heterocycles. The number of amides is 1. The first-order chi connectivity index (χ1) is 13.8. The zero-order valence-corrected chi connectivity index (χ0v) is 15.7. The summed E-state index contributed by atoms with van der Waals surface area (Å²) in [5.74, 6) is -0.00873. The Hall–Kier alpha value is -2.99. The highest BCUT2D eigenvalue weighted by atomic mass is 16.3. The molecule has 1 fully saturated rings. The fourth-order valence-electron chi connectivity index (χ4n) is 3.89. The zero-order chi connectivity index (χ0) is 19.3. The van der Waals surface area contributed by atoms with E-state index >= 15 is 0 Å². The van der Waals surface area contributed by atoms with Crippen LogP contribution in [-0.2, 0) is 4.79 Å².